The second-order valence-corrected chi connectivity index (χ2v) is 3.83. The van der Waals surface area contributed by atoms with E-state index < -0.39 is 11.9 Å². The van der Waals surface area contributed by atoms with Crippen LogP contribution < -0.4 is 4.74 Å². The Morgan fingerprint density at radius 3 is 2.59 bits per heavy atom. The third kappa shape index (κ3) is 4.44. The van der Waals surface area contributed by atoms with Crippen molar-refractivity contribution >= 4 is 23.5 Å². The first-order valence-electron chi connectivity index (χ1n) is 5.15. The summed E-state index contributed by atoms with van der Waals surface area (Å²) < 4.78 is 9.67. The highest BCUT2D eigenvalue weighted by Gasteiger charge is 2.10. The van der Waals surface area contributed by atoms with Gasteiger partial charge in [-0.05, 0) is 30.7 Å². The van der Waals surface area contributed by atoms with Gasteiger partial charge in [0.1, 0.15) is 5.75 Å². The molecule has 0 aliphatic carbocycles. The Morgan fingerprint density at radius 1 is 1.29 bits per heavy atom. The second kappa shape index (κ2) is 6.25. The average Bonchev–Trinajstić information content (AvgIpc) is 2.29. The third-order valence-electron chi connectivity index (χ3n) is 2.00. The standard InChI is InChI=1S/C12H13ClO4/c1-3-11(14)16-7-12(15)17-10-5-4-9(13)6-8(10)2/h4-6H,3,7H2,1-2H3. The normalized spacial score (nSPS) is 9.82. The number of hydrogen-bond acceptors (Lipinski definition) is 4. The molecule has 1 rings (SSSR count). The summed E-state index contributed by atoms with van der Waals surface area (Å²) >= 11 is 5.77. The summed E-state index contributed by atoms with van der Waals surface area (Å²) in [5, 5.41) is 0.569. The predicted octanol–water partition coefficient (Wildman–Crippen LogP) is 2.51. The largest absolute Gasteiger partial charge is 0.454 e. The molecule has 5 heteroatoms. The lowest BCUT2D eigenvalue weighted by Crippen LogP contribution is -2.18. The molecule has 0 heterocycles. The lowest BCUT2D eigenvalue weighted by Gasteiger charge is -2.07. The first-order valence-corrected chi connectivity index (χ1v) is 5.53. The van der Waals surface area contributed by atoms with E-state index in [1.165, 1.54) is 0 Å². The summed E-state index contributed by atoms with van der Waals surface area (Å²) in [4.78, 5) is 22.2. The Bertz CT molecular complexity index is 429. The molecule has 0 saturated carbocycles. The summed E-state index contributed by atoms with van der Waals surface area (Å²) in [6.07, 6.45) is 0.229. The number of esters is 2. The summed E-state index contributed by atoms with van der Waals surface area (Å²) in [5.74, 6) is -0.640. The number of carbonyl (C=O) groups excluding carboxylic acids is 2. The van der Waals surface area contributed by atoms with E-state index in [-0.39, 0.29) is 13.0 Å². The highest BCUT2D eigenvalue weighted by molar-refractivity contribution is 6.30. The molecule has 4 nitrogen and oxygen atoms in total. The van der Waals surface area contributed by atoms with E-state index in [9.17, 15) is 9.59 Å². The molecular weight excluding hydrogens is 244 g/mol. The van der Waals surface area contributed by atoms with Gasteiger partial charge in [0.2, 0.25) is 0 Å². The first kappa shape index (κ1) is 13.5. The molecule has 0 bridgehead atoms. The predicted molar refractivity (Wildman–Crippen MR) is 63.1 cm³/mol. The zero-order valence-corrected chi connectivity index (χ0v) is 10.4. The maximum absolute atomic E-state index is 11.3. The smallest absolute Gasteiger partial charge is 0.349 e. The van der Waals surface area contributed by atoms with Gasteiger partial charge in [0.15, 0.2) is 6.61 Å². The zero-order chi connectivity index (χ0) is 12.8. The van der Waals surface area contributed by atoms with Crippen LogP contribution in [0.15, 0.2) is 18.2 Å². The maximum Gasteiger partial charge on any atom is 0.349 e. The molecule has 0 spiro atoms. The van der Waals surface area contributed by atoms with Crippen LogP contribution in [0.2, 0.25) is 5.02 Å². The summed E-state index contributed by atoms with van der Waals surface area (Å²) in [7, 11) is 0. The Kier molecular flexibility index (Phi) is 4.97. The Hall–Kier alpha value is -1.55. The van der Waals surface area contributed by atoms with Gasteiger partial charge in [-0.25, -0.2) is 4.79 Å². The van der Waals surface area contributed by atoms with Crippen molar-refractivity contribution < 1.29 is 19.1 Å². The molecule has 92 valence electrons. The number of halogens is 1. The van der Waals surface area contributed by atoms with Crippen molar-refractivity contribution in [2.45, 2.75) is 20.3 Å². The SMILES string of the molecule is CCC(=O)OCC(=O)Oc1ccc(Cl)cc1C. The monoisotopic (exact) mass is 256 g/mol. The van der Waals surface area contributed by atoms with Gasteiger partial charge in [0, 0.05) is 11.4 Å². The van der Waals surface area contributed by atoms with Crippen molar-refractivity contribution in [2.75, 3.05) is 6.61 Å². The van der Waals surface area contributed by atoms with E-state index in [2.05, 4.69) is 4.74 Å². The van der Waals surface area contributed by atoms with E-state index in [1.54, 1.807) is 32.0 Å². The Morgan fingerprint density at radius 2 is 2.00 bits per heavy atom. The number of ether oxygens (including phenoxy) is 2. The van der Waals surface area contributed by atoms with Crippen molar-refractivity contribution in [3.05, 3.63) is 28.8 Å². The van der Waals surface area contributed by atoms with Gasteiger partial charge in [-0.2, -0.15) is 0 Å². The molecule has 0 N–H and O–H groups in total. The maximum atomic E-state index is 11.3. The van der Waals surface area contributed by atoms with Crippen molar-refractivity contribution in [1.29, 1.82) is 0 Å². The van der Waals surface area contributed by atoms with Gasteiger partial charge in [0.05, 0.1) is 0 Å². The molecule has 0 saturated heterocycles. The number of hydrogen-bond donors (Lipinski definition) is 0. The molecule has 0 atom stereocenters. The van der Waals surface area contributed by atoms with Crippen LogP contribution in [-0.4, -0.2) is 18.5 Å². The zero-order valence-electron chi connectivity index (χ0n) is 9.66. The molecule has 1 aromatic carbocycles. The van der Waals surface area contributed by atoms with Crippen LogP contribution in [0.25, 0.3) is 0 Å². The second-order valence-electron chi connectivity index (χ2n) is 3.40. The van der Waals surface area contributed by atoms with Crippen LogP contribution in [0.1, 0.15) is 18.9 Å². The van der Waals surface area contributed by atoms with Crippen molar-refractivity contribution in [2.24, 2.45) is 0 Å². The first-order chi connectivity index (χ1) is 8.02. The molecule has 0 aromatic heterocycles. The van der Waals surface area contributed by atoms with Gasteiger partial charge in [-0.1, -0.05) is 18.5 Å². The highest BCUT2D eigenvalue weighted by Crippen LogP contribution is 2.21. The van der Waals surface area contributed by atoms with E-state index in [4.69, 9.17) is 16.3 Å². The van der Waals surface area contributed by atoms with Gasteiger partial charge < -0.3 is 9.47 Å². The molecular formula is C12H13ClO4. The fourth-order valence-corrected chi connectivity index (χ4v) is 1.35. The molecule has 0 unspecified atom stereocenters. The molecule has 0 amide bonds. The van der Waals surface area contributed by atoms with Gasteiger partial charge >= 0.3 is 11.9 Å². The van der Waals surface area contributed by atoms with Crippen LogP contribution in [-0.2, 0) is 14.3 Å². The minimum Gasteiger partial charge on any atom is -0.454 e. The number of benzene rings is 1. The summed E-state index contributed by atoms with van der Waals surface area (Å²) in [6, 6.07) is 4.90. The molecule has 0 aliphatic rings. The summed E-state index contributed by atoms with van der Waals surface area (Å²) in [6.45, 7) is 3.04. The van der Waals surface area contributed by atoms with Gasteiger partial charge in [-0.3, -0.25) is 4.79 Å². The minimum absolute atomic E-state index is 0.229. The molecule has 0 aliphatic heterocycles. The van der Waals surface area contributed by atoms with Crippen molar-refractivity contribution in [3.8, 4) is 5.75 Å². The minimum atomic E-state index is -0.614. The van der Waals surface area contributed by atoms with Crippen molar-refractivity contribution in [3.63, 3.8) is 0 Å². The van der Waals surface area contributed by atoms with Crippen LogP contribution >= 0.6 is 11.6 Å². The third-order valence-corrected chi connectivity index (χ3v) is 2.24. The fourth-order valence-electron chi connectivity index (χ4n) is 1.12. The van der Waals surface area contributed by atoms with Crippen LogP contribution in [0, 0.1) is 6.92 Å². The van der Waals surface area contributed by atoms with Gasteiger partial charge in [-0.15, -0.1) is 0 Å². The Balaban J connectivity index is 2.53. The van der Waals surface area contributed by atoms with Crippen LogP contribution in [0.4, 0.5) is 0 Å². The number of aryl methyl sites for hydroxylation is 1. The molecule has 17 heavy (non-hydrogen) atoms. The quantitative estimate of drug-likeness (QED) is 0.614. The van der Waals surface area contributed by atoms with E-state index in [0.717, 1.165) is 5.56 Å². The van der Waals surface area contributed by atoms with E-state index in [0.29, 0.717) is 10.8 Å². The van der Waals surface area contributed by atoms with Crippen molar-refractivity contribution in [1.82, 2.24) is 0 Å². The molecule has 1 aromatic rings. The molecule has 0 fully saturated rings. The lowest BCUT2D eigenvalue weighted by molar-refractivity contribution is -0.153. The highest BCUT2D eigenvalue weighted by atomic mass is 35.5. The topological polar surface area (TPSA) is 52.6 Å². The van der Waals surface area contributed by atoms with Gasteiger partial charge in [0.25, 0.3) is 0 Å². The number of rotatable bonds is 4. The number of carbonyl (C=O) groups is 2. The summed E-state index contributed by atoms with van der Waals surface area (Å²) in [5.41, 5.74) is 0.743. The molecule has 0 radical (unpaired) electrons. The van der Waals surface area contributed by atoms with Crippen LogP contribution in [0.3, 0.4) is 0 Å². The average molecular weight is 257 g/mol. The van der Waals surface area contributed by atoms with E-state index in [1.807, 2.05) is 0 Å². The Labute approximate surface area is 104 Å². The van der Waals surface area contributed by atoms with E-state index >= 15 is 0 Å². The fraction of sp³-hybridized carbons (Fsp3) is 0.333. The lowest BCUT2D eigenvalue weighted by atomic mass is 10.2. The van der Waals surface area contributed by atoms with Crippen LogP contribution in [0.5, 0.6) is 5.75 Å².